The normalized spacial score (nSPS) is 10.6. The molecular weight excluding hydrogens is 284 g/mol. The van der Waals surface area contributed by atoms with Gasteiger partial charge < -0.3 is 20.2 Å². The van der Waals surface area contributed by atoms with Gasteiger partial charge in [0, 0.05) is 25.0 Å². The molecule has 22 heavy (non-hydrogen) atoms. The van der Waals surface area contributed by atoms with Crippen molar-refractivity contribution in [1.82, 2.24) is 15.5 Å². The Labute approximate surface area is 126 Å². The van der Waals surface area contributed by atoms with Crippen LogP contribution in [0.2, 0.25) is 0 Å². The van der Waals surface area contributed by atoms with E-state index in [1.165, 1.54) is 13.1 Å². The maximum Gasteiger partial charge on any atom is 0.286 e. The van der Waals surface area contributed by atoms with E-state index in [-0.39, 0.29) is 17.4 Å². The van der Waals surface area contributed by atoms with Gasteiger partial charge in [-0.1, -0.05) is 0 Å². The van der Waals surface area contributed by atoms with Crippen LogP contribution in [0.15, 0.2) is 34.7 Å². The van der Waals surface area contributed by atoms with Crippen molar-refractivity contribution in [2.75, 3.05) is 19.4 Å². The molecule has 0 radical (unpaired) electrons. The second-order valence-corrected chi connectivity index (χ2v) is 4.65. The molecule has 0 atom stereocenters. The summed E-state index contributed by atoms with van der Waals surface area (Å²) in [4.78, 5) is 11.6. The van der Waals surface area contributed by atoms with Gasteiger partial charge in [0.15, 0.2) is 5.76 Å². The van der Waals surface area contributed by atoms with Gasteiger partial charge in [0.05, 0.1) is 5.69 Å². The molecular formula is C15H14N4O3. The number of furan rings is 1. The smallest absolute Gasteiger partial charge is 0.286 e. The van der Waals surface area contributed by atoms with Crippen LogP contribution in [0.3, 0.4) is 0 Å². The minimum Gasteiger partial charge on any atom is -0.507 e. The van der Waals surface area contributed by atoms with Crippen molar-refractivity contribution in [3.8, 4) is 17.0 Å². The maximum atomic E-state index is 11.6. The Morgan fingerprint density at radius 3 is 2.64 bits per heavy atom. The van der Waals surface area contributed by atoms with Gasteiger partial charge in [-0.2, -0.15) is 0 Å². The largest absolute Gasteiger partial charge is 0.507 e. The van der Waals surface area contributed by atoms with Gasteiger partial charge in [-0.15, -0.1) is 10.2 Å². The Morgan fingerprint density at radius 2 is 2.00 bits per heavy atom. The van der Waals surface area contributed by atoms with E-state index in [2.05, 4.69) is 20.8 Å². The number of aromatic hydroxyl groups is 1. The topological polar surface area (TPSA) is 100 Å². The molecule has 0 unspecified atom stereocenters. The monoisotopic (exact) mass is 298 g/mol. The number of aromatic nitrogens is 2. The van der Waals surface area contributed by atoms with E-state index in [4.69, 9.17) is 4.42 Å². The number of carbonyl (C=O) groups is 1. The minimum atomic E-state index is -0.324. The highest BCUT2D eigenvalue weighted by Gasteiger charge is 2.15. The second-order valence-electron chi connectivity index (χ2n) is 4.65. The number of nitrogens with one attached hydrogen (secondary N) is 2. The number of phenolic OH excluding ortho intramolecular Hbond substituents is 1. The van der Waals surface area contributed by atoms with Crippen LogP contribution in [-0.2, 0) is 0 Å². The molecule has 0 spiro atoms. The van der Waals surface area contributed by atoms with E-state index in [0.29, 0.717) is 28.0 Å². The molecule has 0 aliphatic rings. The average molecular weight is 298 g/mol. The van der Waals surface area contributed by atoms with E-state index in [1.54, 1.807) is 31.3 Å². The molecule has 0 bridgehead atoms. The number of benzene rings is 1. The summed E-state index contributed by atoms with van der Waals surface area (Å²) in [6, 6.07) is 8.24. The molecule has 0 saturated heterocycles. The SMILES string of the molecule is CNC(=O)c1cc2cc(O)c(-c3ccc(NC)nn3)cc2o1. The first-order valence-electron chi connectivity index (χ1n) is 6.63. The summed E-state index contributed by atoms with van der Waals surface area (Å²) in [7, 11) is 3.27. The zero-order valence-corrected chi connectivity index (χ0v) is 12.0. The third-order valence-corrected chi connectivity index (χ3v) is 3.28. The summed E-state index contributed by atoms with van der Waals surface area (Å²) in [5.41, 5.74) is 1.49. The summed E-state index contributed by atoms with van der Waals surface area (Å²) in [5, 5.41) is 24.2. The molecule has 2 aromatic heterocycles. The molecule has 0 fully saturated rings. The van der Waals surface area contributed by atoms with Crippen molar-refractivity contribution >= 4 is 22.7 Å². The Balaban J connectivity index is 2.09. The summed E-state index contributed by atoms with van der Waals surface area (Å²) in [5.74, 6) is 0.536. The summed E-state index contributed by atoms with van der Waals surface area (Å²) in [6.45, 7) is 0. The van der Waals surface area contributed by atoms with Crippen LogP contribution in [0.25, 0.3) is 22.2 Å². The molecule has 1 amide bonds. The molecule has 0 saturated carbocycles. The molecule has 3 N–H and O–H groups in total. The van der Waals surface area contributed by atoms with E-state index >= 15 is 0 Å². The van der Waals surface area contributed by atoms with Crippen molar-refractivity contribution in [3.05, 3.63) is 36.1 Å². The van der Waals surface area contributed by atoms with Gasteiger partial charge in [-0.25, -0.2) is 0 Å². The van der Waals surface area contributed by atoms with Gasteiger partial charge >= 0.3 is 0 Å². The number of hydrogen-bond donors (Lipinski definition) is 3. The van der Waals surface area contributed by atoms with E-state index in [1.807, 2.05) is 0 Å². The van der Waals surface area contributed by atoms with Crippen molar-refractivity contribution in [1.29, 1.82) is 0 Å². The lowest BCUT2D eigenvalue weighted by molar-refractivity contribution is 0.0938. The Morgan fingerprint density at radius 1 is 1.18 bits per heavy atom. The van der Waals surface area contributed by atoms with Gasteiger partial charge in [-0.3, -0.25) is 4.79 Å². The Kier molecular flexibility index (Phi) is 3.38. The number of phenols is 1. The lowest BCUT2D eigenvalue weighted by Crippen LogP contribution is -2.16. The van der Waals surface area contributed by atoms with E-state index < -0.39 is 0 Å². The third-order valence-electron chi connectivity index (χ3n) is 3.28. The summed E-state index contributed by atoms with van der Waals surface area (Å²) < 4.78 is 5.50. The van der Waals surface area contributed by atoms with Crippen LogP contribution in [0.5, 0.6) is 5.75 Å². The van der Waals surface area contributed by atoms with Crippen LogP contribution in [-0.4, -0.2) is 35.3 Å². The molecule has 2 heterocycles. The number of anilines is 1. The highest BCUT2D eigenvalue weighted by atomic mass is 16.3. The van der Waals surface area contributed by atoms with E-state index in [0.717, 1.165) is 0 Å². The zero-order valence-electron chi connectivity index (χ0n) is 12.0. The number of amides is 1. The van der Waals surface area contributed by atoms with Gasteiger partial charge in [0.2, 0.25) is 0 Å². The van der Waals surface area contributed by atoms with Crippen LogP contribution in [0, 0.1) is 0 Å². The lowest BCUT2D eigenvalue weighted by Gasteiger charge is -2.04. The second kappa shape index (κ2) is 5.36. The fourth-order valence-electron chi connectivity index (χ4n) is 2.12. The van der Waals surface area contributed by atoms with Crippen molar-refractivity contribution in [2.45, 2.75) is 0 Å². The van der Waals surface area contributed by atoms with Crippen molar-refractivity contribution in [2.24, 2.45) is 0 Å². The molecule has 0 aliphatic heterocycles. The number of nitrogens with zero attached hydrogens (tertiary/aromatic N) is 2. The number of hydrogen-bond acceptors (Lipinski definition) is 6. The average Bonchev–Trinajstić information content (AvgIpc) is 2.96. The van der Waals surface area contributed by atoms with E-state index in [9.17, 15) is 9.90 Å². The first-order valence-corrected chi connectivity index (χ1v) is 6.63. The first kappa shape index (κ1) is 13.9. The van der Waals surface area contributed by atoms with Gasteiger partial charge in [0.25, 0.3) is 5.91 Å². The Hall–Kier alpha value is -3.09. The summed E-state index contributed by atoms with van der Waals surface area (Å²) in [6.07, 6.45) is 0. The van der Waals surface area contributed by atoms with Crippen LogP contribution in [0.4, 0.5) is 5.82 Å². The predicted octanol–water partition coefficient (Wildman–Crippen LogP) is 2.00. The summed E-state index contributed by atoms with van der Waals surface area (Å²) >= 11 is 0. The van der Waals surface area contributed by atoms with Crippen molar-refractivity contribution < 1.29 is 14.3 Å². The van der Waals surface area contributed by atoms with Crippen LogP contribution >= 0.6 is 0 Å². The molecule has 7 nitrogen and oxygen atoms in total. The number of fused-ring (bicyclic) bond motifs is 1. The van der Waals surface area contributed by atoms with Gasteiger partial charge in [-0.05, 0) is 30.3 Å². The minimum absolute atomic E-state index is 0.0447. The zero-order chi connectivity index (χ0) is 15.7. The highest BCUT2D eigenvalue weighted by molar-refractivity contribution is 5.97. The van der Waals surface area contributed by atoms with Crippen molar-refractivity contribution in [3.63, 3.8) is 0 Å². The fourth-order valence-corrected chi connectivity index (χ4v) is 2.12. The molecule has 112 valence electrons. The molecule has 0 aliphatic carbocycles. The maximum absolute atomic E-state index is 11.6. The predicted molar refractivity (Wildman–Crippen MR) is 81.8 cm³/mol. The standard InChI is InChI=1S/C15H14N4O3/c1-16-14-4-3-10(18-19-14)9-7-12-8(5-11(9)20)6-13(22-12)15(21)17-2/h3-7,20H,1-2H3,(H,16,19)(H,17,21). The van der Waals surface area contributed by atoms with Crippen LogP contribution in [0.1, 0.15) is 10.6 Å². The number of rotatable bonds is 3. The third kappa shape index (κ3) is 2.32. The molecule has 3 aromatic rings. The highest BCUT2D eigenvalue weighted by Crippen LogP contribution is 2.33. The fraction of sp³-hybridized carbons (Fsp3) is 0.133. The lowest BCUT2D eigenvalue weighted by atomic mass is 10.1. The quantitative estimate of drug-likeness (QED) is 0.684. The first-order chi connectivity index (χ1) is 10.6. The van der Waals surface area contributed by atoms with Crippen LogP contribution < -0.4 is 10.6 Å². The molecule has 3 rings (SSSR count). The molecule has 7 heteroatoms. The number of carbonyl (C=O) groups excluding carboxylic acids is 1. The molecule has 1 aromatic carbocycles. The Bertz CT molecular complexity index is 840. The van der Waals surface area contributed by atoms with Gasteiger partial charge in [0.1, 0.15) is 17.2 Å².